The first-order chi connectivity index (χ1) is 14.0. The van der Waals surface area contributed by atoms with Crippen molar-refractivity contribution in [3.05, 3.63) is 74.9 Å². The molecule has 8 nitrogen and oxygen atoms in total. The Kier molecular flexibility index (Phi) is 3.95. The smallest absolute Gasteiger partial charge is 0.226 e. The standard InChI is InChI=1S/C20H14ClN5O3/c1-10-18-12(13-9-29-14-5-3-2-4-11(14)19(13)28)8-17(27)22-20(18)26(25-10)16-7-6-15(21)23-24-16/h2-7,9,12H,8H2,1H3,(H,22,27)/t12-/m0/s1. The minimum Gasteiger partial charge on any atom is -0.464 e. The Balaban J connectivity index is 1.71. The summed E-state index contributed by atoms with van der Waals surface area (Å²) in [7, 11) is 0. The van der Waals surface area contributed by atoms with Crippen molar-refractivity contribution in [3.63, 3.8) is 0 Å². The van der Waals surface area contributed by atoms with Crippen LogP contribution in [-0.2, 0) is 4.79 Å². The number of para-hydroxylation sites is 1. The highest BCUT2D eigenvalue weighted by atomic mass is 35.5. The first-order valence-corrected chi connectivity index (χ1v) is 9.30. The van der Waals surface area contributed by atoms with Gasteiger partial charge < -0.3 is 9.73 Å². The van der Waals surface area contributed by atoms with Crippen molar-refractivity contribution in [2.24, 2.45) is 0 Å². The van der Waals surface area contributed by atoms with Crippen molar-refractivity contribution in [3.8, 4) is 5.82 Å². The normalized spacial score (nSPS) is 15.9. The van der Waals surface area contributed by atoms with Gasteiger partial charge in [0.1, 0.15) is 11.4 Å². The molecule has 0 spiro atoms. The molecule has 1 aliphatic rings. The summed E-state index contributed by atoms with van der Waals surface area (Å²) < 4.78 is 7.18. The summed E-state index contributed by atoms with van der Waals surface area (Å²) in [6.45, 7) is 1.83. The van der Waals surface area contributed by atoms with Crippen LogP contribution in [0.4, 0.5) is 5.82 Å². The van der Waals surface area contributed by atoms with E-state index in [4.69, 9.17) is 16.0 Å². The highest BCUT2D eigenvalue weighted by Gasteiger charge is 2.34. The molecule has 1 N–H and O–H groups in total. The third kappa shape index (κ3) is 2.80. The van der Waals surface area contributed by atoms with Gasteiger partial charge in [-0.1, -0.05) is 23.7 Å². The van der Waals surface area contributed by atoms with E-state index in [1.165, 1.54) is 10.9 Å². The molecule has 0 saturated heterocycles. The van der Waals surface area contributed by atoms with Gasteiger partial charge in [-0.15, -0.1) is 10.2 Å². The van der Waals surface area contributed by atoms with Gasteiger partial charge >= 0.3 is 0 Å². The second-order valence-corrected chi connectivity index (χ2v) is 7.18. The van der Waals surface area contributed by atoms with E-state index in [0.717, 1.165) is 5.56 Å². The lowest BCUT2D eigenvalue weighted by Crippen LogP contribution is -2.27. The number of carbonyl (C=O) groups excluding carboxylic acids is 1. The fourth-order valence-corrected chi connectivity index (χ4v) is 3.83. The van der Waals surface area contributed by atoms with Gasteiger partial charge in [-0.3, -0.25) is 9.59 Å². The van der Waals surface area contributed by atoms with E-state index in [1.807, 2.05) is 6.92 Å². The van der Waals surface area contributed by atoms with E-state index in [0.29, 0.717) is 33.9 Å². The molecule has 1 amide bonds. The molecule has 29 heavy (non-hydrogen) atoms. The number of fused-ring (bicyclic) bond motifs is 2. The quantitative estimate of drug-likeness (QED) is 0.547. The number of hydrogen-bond acceptors (Lipinski definition) is 6. The Morgan fingerprint density at radius 1 is 1.17 bits per heavy atom. The molecule has 1 aliphatic heterocycles. The summed E-state index contributed by atoms with van der Waals surface area (Å²) >= 11 is 5.82. The molecule has 0 unspecified atom stereocenters. The molecule has 4 aromatic rings. The molecular formula is C20H14ClN5O3. The maximum absolute atomic E-state index is 13.1. The van der Waals surface area contributed by atoms with E-state index in [2.05, 4.69) is 20.6 Å². The first kappa shape index (κ1) is 17.6. The van der Waals surface area contributed by atoms with Gasteiger partial charge in [0.15, 0.2) is 16.4 Å². The van der Waals surface area contributed by atoms with Crippen LogP contribution < -0.4 is 10.7 Å². The van der Waals surface area contributed by atoms with Crippen LogP contribution in [0.25, 0.3) is 16.8 Å². The second-order valence-electron chi connectivity index (χ2n) is 6.79. The first-order valence-electron chi connectivity index (χ1n) is 8.92. The number of aryl methyl sites for hydroxylation is 1. The molecule has 4 heterocycles. The molecule has 1 aromatic carbocycles. The molecule has 0 fully saturated rings. The average Bonchev–Trinajstić information content (AvgIpc) is 3.05. The van der Waals surface area contributed by atoms with Gasteiger partial charge in [0.25, 0.3) is 0 Å². The number of halogens is 1. The summed E-state index contributed by atoms with van der Waals surface area (Å²) in [6.07, 6.45) is 1.56. The van der Waals surface area contributed by atoms with Gasteiger partial charge in [-0.2, -0.15) is 9.78 Å². The predicted octanol–water partition coefficient (Wildman–Crippen LogP) is 3.20. The van der Waals surface area contributed by atoms with Crippen LogP contribution in [-0.4, -0.2) is 25.9 Å². The Morgan fingerprint density at radius 3 is 2.79 bits per heavy atom. The number of rotatable bonds is 2. The van der Waals surface area contributed by atoms with Crippen LogP contribution in [0.2, 0.25) is 5.15 Å². The molecular weight excluding hydrogens is 394 g/mol. The summed E-state index contributed by atoms with van der Waals surface area (Å²) in [6, 6.07) is 10.3. The molecule has 5 rings (SSSR count). The lowest BCUT2D eigenvalue weighted by molar-refractivity contribution is -0.116. The molecule has 144 valence electrons. The van der Waals surface area contributed by atoms with Gasteiger partial charge in [0, 0.05) is 23.5 Å². The third-order valence-electron chi connectivity index (χ3n) is 5.02. The zero-order valence-electron chi connectivity index (χ0n) is 15.2. The number of amides is 1. The highest BCUT2D eigenvalue weighted by molar-refractivity contribution is 6.29. The molecule has 0 aliphatic carbocycles. The lowest BCUT2D eigenvalue weighted by atomic mass is 9.86. The van der Waals surface area contributed by atoms with E-state index < -0.39 is 5.92 Å². The second kappa shape index (κ2) is 6.52. The maximum atomic E-state index is 13.1. The number of carbonyl (C=O) groups is 1. The van der Waals surface area contributed by atoms with Crippen molar-refractivity contribution >= 4 is 34.3 Å². The molecule has 0 radical (unpaired) electrons. The maximum Gasteiger partial charge on any atom is 0.226 e. The minimum atomic E-state index is -0.478. The van der Waals surface area contributed by atoms with E-state index in [1.54, 1.807) is 36.4 Å². The fourth-order valence-electron chi connectivity index (χ4n) is 3.73. The van der Waals surface area contributed by atoms with E-state index >= 15 is 0 Å². The largest absolute Gasteiger partial charge is 0.464 e. The van der Waals surface area contributed by atoms with Crippen LogP contribution in [0, 0.1) is 6.92 Å². The minimum absolute atomic E-state index is 0.120. The van der Waals surface area contributed by atoms with Crippen LogP contribution in [0.5, 0.6) is 0 Å². The average molecular weight is 408 g/mol. The fraction of sp³-hybridized carbons (Fsp3) is 0.150. The number of hydrogen-bond donors (Lipinski definition) is 1. The summed E-state index contributed by atoms with van der Waals surface area (Å²) in [4.78, 5) is 25.6. The summed E-state index contributed by atoms with van der Waals surface area (Å²) in [5.41, 5.74) is 2.20. The number of aromatic nitrogens is 4. The summed E-state index contributed by atoms with van der Waals surface area (Å²) in [5, 5.41) is 16.0. The van der Waals surface area contributed by atoms with Crippen LogP contribution >= 0.6 is 11.6 Å². The Bertz CT molecular complexity index is 1330. The monoisotopic (exact) mass is 407 g/mol. The van der Waals surface area contributed by atoms with E-state index in [-0.39, 0.29) is 22.9 Å². The molecule has 0 saturated carbocycles. The van der Waals surface area contributed by atoms with Crippen LogP contribution in [0.15, 0.2) is 51.9 Å². The van der Waals surface area contributed by atoms with Crippen molar-refractivity contribution in [1.29, 1.82) is 0 Å². The molecule has 9 heteroatoms. The Morgan fingerprint density at radius 2 is 2.00 bits per heavy atom. The van der Waals surface area contributed by atoms with Gasteiger partial charge in [0.2, 0.25) is 5.91 Å². The predicted molar refractivity (Wildman–Crippen MR) is 106 cm³/mol. The summed E-state index contributed by atoms with van der Waals surface area (Å²) in [5.74, 6) is 0.171. The molecule has 0 bridgehead atoms. The van der Waals surface area contributed by atoms with Crippen molar-refractivity contribution in [2.75, 3.05) is 5.32 Å². The Hall–Kier alpha value is -3.52. The number of nitrogens with zero attached hydrogens (tertiary/aromatic N) is 4. The molecule has 1 atom stereocenters. The number of anilines is 1. The topological polar surface area (TPSA) is 103 Å². The number of nitrogens with one attached hydrogen (secondary N) is 1. The lowest BCUT2D eigenvalue weighted by Gasteiger charge is -2.23. The number of benzene rings is 1. The van der Waals surface area contributed by atoms with Gasteiger partial charge in [0.05, 0.1) is 17.3 Å². The zero-order chi connectivity index (χ0) is 20.1. The van der Waals surface area contributed by atoms with Gasteiger partial charge in [-0.05, 0) is 31.2 Å². The van der Waals surface area contributed by atoms with Crippen molar-refractivity contribution < 1.29 is 9.21 Å². The zero-order valence-corrected chi connectivity index (χ0v) is 16.0. The Labute approximate surface area is 169 Å². The van der Waals surface area contributed by atoms with Crippen LogP contribution in [0.1, 0.15) is 29.2 Å². The SMILES string of the molecule is Cc1nn(-c2ccc(Cl)nn2)c2c1[C@H](c1coc3ccccc3c1=O)CC(=O)N2. The van der Waals surface area contributed by atoms with Crippen LogP contribution in [0.3, 0.4) is 0 Å². The third-order valence-corrected chi connectivity index (χ3v) is 5.22. The van der Waals surface area contributed by atoms with E-state index in [9.17, 15) is 9.59 Å². The highest BCUT2D eigenvalue weighted by Crippen LogP contribution is 2.39. The van der Waals surface area contributed by atoms with Crippen molar-refractivity contribution in [1.82, 2.24) is 20.0 Å². The molecule has 3 aromatic heterocycles. The van der Waals surface area contributed by atoms with Crippen molar-refractivity contribution in [2.45, 2.75) is 19.3 Å². The van der Waals surface area contributed by atoms with Gasteiger partial charge in [-0.25, -0.2) is 0 Å².